The Bertz CT molecular complexity index is 698. The molecule has 0 bridgehead atoms. The Labute approximate surface area is 178 Å². The molecule has 1 aromatic carbocycles. The number of aliphatic hydroxyl groups is 1. The number of nitrogens with zero attached hydrogens (tertiary/aromatic N) is 1. The van der Waals surface area contributed by atoms with Crippen LogP contribution in [0.2, 0.25) is 0 Å². The summed E-state index contributed by atoms with van der Waals surface area (Å²) in [4.78, 5) is 39.6. The fourth-order valence-corrected chi connectivity index (χ4v) is 3.59. The van der Waals surface area contributed by atoms with E-state index in [1.165, 1.54) is 0 Å². The van der Waals surface area contributed by atoms with E-state index in [2.05, 4.69) is 16.0 Å². The Morgan fingerprint density at radius 1 is 1.20 bits per heavy atom. The van der Waals surface area contributed by atoms with Gasteiger partial charge in [0.05, 0.1) is 19.2 Å². The maximum atomic E-state index is 13.0. The summed E-state index contributed by atoms with van der Waals surface area (Å²) in [6.07, 6.45) is 2.22. The van der Waals surface area contributed by atoms with E-state index in [4.69, 9.17) is 5.11 Å². The third-order valence-corrected chi connectivity index (χ3v) is 5.55. The predicted molar refractivity (Wildman–Crippen MR) is 114 cm³/mol. The normalized spacial score (nSPS) is 18.4. The highest BCUT2D eigenvalue weighted by Gasteiger charge is 2.35. The van der Waals surface area contributed by atoms with Gasteiger partial charge in [0.25, 0.3) is 0 Å². The van der Waals surface area contributed by atoms with Gasteiger partial charge in [0.15, 0.2) is 0 Å². The summed E-state index contributed by atoms with van der Waals surface area (Å²) in [5.41, 5.74) is 0.996. The van der Waals surface area contributed by atoms with Crippen molar-refractivity contribution in [1.82, 2.24) is 20.9 Å². The van der Waals surface area contributed by atoms with Crippen molar-refractivity contribution in [3.05, 3.63) is 35.9 Å². The molecule has 0 aromatic heterocycles. The lowest BCUT2D eigenvalue weighted by Gasteiger charge is -2.28. The molecule has 0 radical (unpaired) electrons. The number of amides is 3. The first-order chi connectivity index (χ1) is 14.5. The maximum Gasteiger partial charge on any atom is 0.243 e. The Morgan fingerprint density at radius 3 is 2.60 bits per heavy atom. The molecule has 8 heteroatoms. The molecule has 1 aromatic rings. The number of nitrogens with one attached hydrogen (secondary N) is 3. The highest BCUT2D eigenvalue weighted by molar-refractivity contribution is 5.90. The smallest absolute Gasteiger partial charge is 0.243 e. The van der Waals surface area contributed by atoms with Gasteiger partial charge in [-0.05, 0) is 30.9 Å². The molecule has 0 aliphatic carbocycles. The molecule has 0 spiro atoms. The molecule has 30 heavy (non-hydrogen) atoms. The number of carbonyl (C=O) groups excluding carboxylic acids is 3. The third kappa shape index (κ3) is 7.11. The van der Waals surface area contributed by atoms with Crippen molar-refractivity contribution < 1.29 is 19.5 Å². The quantitative estimate of drug-likeness (QED) is 0.416. The topological polar surface area (TPSA) is 111 Å². The van der Waals surface area contributed by atoms with E-state index in [0.29, 0.717) is 19.5 Å². The van der Waals surface area contributed by atoms with Gasteiger partial charge in [-0.3, -0.25) is 19.3 Å². The van der Waals surface area contributed by atoms with Crippen molar-refractivity contribution in [2.24, 2.45) is 5.92 Å². The maximum absolute atomic E-state index is 13.0. The Balaban J connectivity index is 1.96. The minimum atomic E-state index is -0.628. The summed E-state index contributed by atoms with van der Waals surface area (Å²) in [5.74, 6) is -0.662. The summed E-state index contributed by atoms with van der Waals surface area (Å²) >= 11 is 0. The predicted octanol–water partition coefficient (Wildman–Crippen LogP) is 0.407. The van der Waals surface area contributed by atoms with Crippen LogP contribution in [-0.2, 0) is 20.9 Å². The van der Waals surface area contributed by atoms with Gasteiger partial charge < -0.3 is 21.1 Å². The van der Waals surface area contributed by atoms with Gasteiger partial charge >= 0.3 is 0 Å². The van der Waals surface area contributed by atoms with E-state index in [9.17, 15) is 14.4 Å². The van der Waals surface area contributed by atoms with E-state index in [-0.39, 0.29) is 43.3 Å². The molecule has 3 atom stereocenters. The standard InChI is InChI=1S/C22H34N4O4/c1-3-16(2)20(22(30)24-14-17-8-5-4-6-9-17)25-21(29)18-10-7-12-26(18)15-19(28)23-11-13-27/h4-6,8-9,16,18,20,27H,3,7,10-15H2,1-2H3,(H,23,28)(H,24,30)(H,25,29)/t16?,18-,20-/m0/s1. The van der Waals surface area contributed by atoms with Gasteiger partial charge in [0.2, 0.25) is 17.7 Å². The Morgan fingerprint density at radius 2 is 1.93 bits per heavy atom. The molecule has 4 N–H and O–H groups in total. The number of aliphatic hydroxyl groups excluding tert-OH is 1. The van der Waals surface area contributed by atoms with Crippen LogP contribution in [-0.4, -0.2) is 66.1 Å². The zero-order chi connectivity index (χ0) is 21.9. The molecule has 1 heterocycles. The molecule has 1 unspecified atom stereocenters. The summed E-state index contributed by atoms with van der Waals surface area (Å²) in [6, 6.07) is 8.58. The van der Waals surface area contributed by atoms with Gasteiger partial charge in [-0.2, -0.15) is 0 Å². The lowest BCUT2D eigenvalue weighted by Crippen LogP contribution is -2.55. The highest BCUT2D eigenvalue weighted by atomic mass is 16.3. The lowest BCUT2D eigenvalue weighted by atomic mass is 9.97. The molecular weight excluding hydrogens is 384 g/mol. The molecule has 2 rings (SSSR count). The number of benzene rings is 1. The van der Waals surface area contributed by atoms with Crippen LogP contribution in [0.4, 0.5) is 0 Å². The van der Waals surface area contributed by atoms with Crippen LogP contribution in [0.15, 0.2) is 30.3 Å². The van der Waals surface area contributed by atoms with Gasteiger partial charge in [0.1, 0.15) is 6.04 Å². The summed E-state index contributed by atoms with van der Waals surface area (Å²) in [7, 11) is 0. The minimum absolute atomic E-state index is 0.0209. The van der Waals surface area contributed by atoms with Crippen molar-refractivity contribution in [3.8, 4) is 0 Å². The second-order valence-corrected chi connectivity index (χ2v) is 7.78. The van der Waals surface area contributed by atoms with Crippen LogP contribution >= 0.6 is 0 Å². The molecule has 1 fully saturated rings. The largest absolute Gasteiger partial charge is 0.395 e. The fourth-order valence-electron chi connectivity index (χ4n) is 3.59. The van der Waals surface area contributed by atoms with Crippen LogP contribution < -0.4 is 16.0 Å². The van der Waals surface area contributed by atoms with Crippen LogP contribution in [0.25, 0.3) is 0 Å². The van der Waals surface area contributed by atoms with Crippen molar-refractivity contribution in [2.75, 3.05) is 26.2 Å². The molecule has 1 aliphatic rings. The lowest BCUT2D eigenvalue weighted by molar-refractivity contribution is -0.133. The fraction of sp³-hybridized carbons (Fsp3) is 0.591. The highest BCUT2D eigenvalue weighted by Crippen LogP contribution is 2.18. The van der Waals surface area contributed by atoms with E-state index >= 15 is 0 Å². The number of hydrogen-bond acceptors (Lipinski definition) is 5. The number of hydrogen-bond donors (Lipinski definition) is 4. The second-order valence-electron chi connectivity index (χ2n) is 7.78. The Hall–Kier alpha value is -2.45. The molecule has 166 valence electrons. The summed E-state index contributed by atoms with van der Waals surface area (Å²) in [6.45, 7) is 5.17. The molecule has 1 saturated heterocycles. The first-order valence-electron chi connectivity index (χ1n) is 10.7. The van der Waals surface area contributed by atoms with Crippen LogP contribution in [0.1, 0.15) is 38.7 Å². The summed E-state index contributed by atoms with van der Waals surface area (Å²) in [5, 5.41) is 17.3. The van der Waals surface area contributed by atoms with Gasteiger partial charge in [0, 0.05) is 13.1 Å². The number of carbonyl (C=O) groups is 3. The molecule has 8 nitrogen and oxygen atoms in total. The average molecular weight is 419 g/mol. The van der Waals surface area contributed by atoms with Crippen molar-refractivity contribution >= 4 is 17.7 Å². The van der Waals surface area contributed by atoms with Gasteiger partial charge in [-0.25, -0.2) is 0 Å². The monoisotopic (exact) mass is 418 g/mol. The number of rotatable bonds is 11. The average Bonchev–Trinajstić information content (AvgIpc) is 3.22. The van der Waals surface area contributed by atoms with E-state index < -0.39 is 12.1 Å². The first-order valence-corrected chi connectivity index (χ1v) is 10.7. The molecular formula is C22H34N4O4. The van der Waals surface area contributed by atoms with Crippen molar-refractivity contribution in [3.63, 3.8) is 0 Å². The van der Waals surface area contributed by atoms with Crippen molar-refractivity contribution in [2.45, 2.75) is 51.7 Å². The third-order valence-electron chi connectivity index (χ3n) is 5.55. The zero-order valence-corrected chi connectivity index (χ0v) is 17.9. The van der Waals surface area contributed by atoms with E-state index in [1.54, 1.807) is 0 Å². The molecule has 1 aliphatic heterocycles. The number of likely N-dealkylation sites (tertiary alicyclic amines) is 1. The van der Waals surface area contributed by atoms with Crippen LogP contribution in [0, 0.1) is 5.92 Å². The van der Waals surface area contributed by atoms with Crippen LogP contribution in [0.3, 0.4) is 0 Å². The minimum Gasteiger partial charge on any atom is -0.395 e. The zero-order valence-electron chi connectivity index (χ0n) is 17.9. The Kier molecular flexibility index (Phi) is 9.76. The van der Waals surface area contributed by atoms with Gasteiger partial charge in [-0.15, -0.1) is 0 Å². The van der Waals surface area contributed by atoms with Crippen molar-refractivity contribution in [1.29, 1.82) is 0 Å². The SMILES string of the molecule is CCC(C)[C@H](NC(=O)[C@@H]1CCCN1CC(=O)NCCO)C(=O)NCc1ccccc1. The van der Waals surface area contributed by atoms with Crippen LogP contribution in [0.5, 0.6) is 0 Å². The molecule has 0 saturated carbocycles. The van der Waals surface area contributed by atoms with Gasteiger partial charge in [-0.1, -0.05) is 50.6 Å². The summed E-state index contributed by atoms with van der Waals surface area (Å²) < 4.78 is 0. The van der Waals surface area contributed by atoms with E-state index in [1.807, 2.05) is 49.1 Å². The molecule has 3 amide bonds. The van der Waals surface area contributed by atoms with E-state index in [0.717, 1.165) is 18.4 Å². The first kappa shape index (κ1) is 23.8. The second kappa shape index (κ2) is 12.3.